The Morgan fingerprint density at radius 2 is 1.76 bits per heavy atom. The first-order valence-corrected chi connectivity index (χ1v) is 6.36. The molecule has 0 bridgehead atoms. The van der Waals surface area contributed by atoms with Crippen LogP contribution in [0.2, 0.25) is 0 Å². The summed E-state index contributed by atoms with van der Waals surface area (Å²) in [5, 5.41) is 9.81. The molecule has 4 heteroatoms. The van der Waals surface area contributed by atoms with Gasteiger partial charge in [-0.25, -0.2) is 0 Å². The molecule has 3 nitrogen and oxygen atoms in total. The van der Waals surface area contributed by atoms with Gasteiger partial charge in [0.15, 0.2) is 5.78 Å². The van der Waals surface area contributed by atoms with E-state index in [1.807, 2.05) is 49.3 Å². The molecule has 2 aromatic carbocycles. The SMILES string of the molecule is CN(C)c1ccc(O)c(C(=O)/C=C/c2ccccc2)c1.Cl. The highest BCUT2D eigenvalue weighted by Crippen LogP contribution is 2.24. The molecular formula is C17H18ClNO2. The molecule has 2 aromatic rings. The van der Waals surface area contributed by atoms with Gasteiger partial charge in [-0.3, -0.25) is 4.79 Å². The van der Waals surface area contributed by atoms with Gasteiger partial charge in [0.2, 0.25) is 0 Å². The normalized spacial score (nSPS) is 10.2. The van der Waals surface area contributed by atoms with Crippen LogP contribution in [0.1, 0.15) is 15.9 Å². The molecule has 0 aromatic heterocycles. The molecule has 0 amide bonds. The lowest BCUT2D eigenvalue weighted by molar-refractivity contribution is 0.104. The maximum Gasteiger partial charge on any atom is 0.189 e. The third-order valence-electron chi connectivity index (χ3n) is 2.99. The van der Waals surface area contributed by atoms with Gasteiger partial charge in [0.25, 0.3) is 0 Å². The minimum Gasteiger partial charge on any atom is -0.507 e. The van der Waals surface area contributed by atoms with E-state index in [1.165, 1.54) is 6.08 Å². The Labute approximate surface area is 130 Å². The first kappa shape index (κ1) is 16.8. The maximum absolute atomic E-state index is 12.1. The molecule has 0 heterocycles. The van der Waals surface area contributed by atoms with Crippen LogP contribution in [-0.4, -0.2) is 25.0 Å². The predicted octanol–water partition coefficient (Wildman–Crippen LogP) is 3.78. The zero-order valence-corrected chi connectivity index (χ0v) is 12.8. The van der Waals surface area contributed by atoms with Crippen molar-refractivity contribution >= 4 is 30.0 Å². The van der Waals surface area contributed by atoms with Crippen molar-refractivity contribution < 1.29 is 9.90 Å². The Morgan fingerprint density at radius 1 is 1.10 bits per heavy atom. The van der Waals surface area contributed by atoms with Crippen LogP contribution >= 0.6 is 12.4 Å². The Balaban J connectivity index is 0.00000220. The Morgan fingerprint density at radius 3 is 2.38 bits per heavy atom. The predicted molar refractivity (Wildman–Crippen MR) is 89.5 cm³/mol. The van der Waals surface area contributed by atoms with Crippen LogP contribution in [0.15, 0.2) is 54.6 Å². The molecule has 2 rings (SSSR count). The Hall–Kier alpha value is -2.26. The van der Waals surface area contributed by atoms with Gasteiger partial charge in [0, 0.05) is 19.8 Å². The first-order chi connectivity index (χ1) is 9.58. The van der Waals surface area contributed by atoms with Gasteiger partial charge in [-0.2, -0.15) is 0 Å². The summed E-state index contributed by atoms with van der Waals surface area (Å²) in [5.41, 5.74) is 2.13. The Bertz CT molecular complexity index is 636. The summed E-state index contributed by atoms with van der Waals surface area (Å²) in [7, 11) is 3.78. The number of benzene rings is 2. The average Bonchev–Trinajstić information content (AvgIpc) is 2.46. The van der Waals surface area contributed by atoms with E-state index in [-0.39, 0.29) is 23.9 Å². The number of carbonyl (C=O) groups excluding carboxylic acids is 1. The summed E-state index contributed by atoms with van der Waals surface area (Å²) in [6.45, 7) is 0. The molecule has 0 aliphatic rings. The van der Waals surface area contributed by atoms with Crippen molar-refractivity contribution in [1.29, 1.82) is 0 Å². The number of hydrogen-bond acceptors (Lipinski definition) is 3. The topological polar surface area (TPSA) is 40.5 Å². The number of ketones is 1. The highest BCUT2D eigenvalue weighted by molar-refractivity contribution is 6.09. The van der Waals surface area contributed by atoms with E-state index >= 15 is 0 Å². The number of hydrogen-bond donors (Lipinski definition) is 1. The number of rotatable bonds is 4. The molecule has 0 saturated heterocycles. The number of phenols is 1. The third-order valence-corrected chi connectivity index (χ3v) is 2.99. The number of aromatic hydroxyl groups is 1. The zero-order valence-electron chi connectivity index (χ0n) is 12.0. The standard InChI is InChI=1S/C17H17NO2.ClH/c1-18(2)14-9-11-17(20)15(12-14)16(19)10-8-13-6-4-3-5-7-13;/h3-12,20H,1-2H3;1H/b10-8+;. The number of carbonyl (C=O) groups is 1. The van der Waals surface area contributed by atoms with Crippen LogP contribution in [0.25, 0.3) is 6.08 Å². The van der Waals surface area contributed by atoms with Crippen LogP contribution in [-0.2, 0) is 0 Å². The number of halogens is 1. The van der Waals surface area contributed by atoms with Crippen LogP contribution < -0.4 is 4.90 Å². The summed E-state index contributed by atoms with van der Waals surface area (Å²) in [6.07, 6.45) is 3.22. The van der Waals surface area contributed by atoms with E-state index in [9.17, 15) is 9.90 Å². The fraction of sp³-hybridized carbons (Fsp3) is 0.118. The quantitative estimate of drug-likeness (QED) is 0.690. The number of allylic oxidation sites excluding steroid dienone is 1. The van der Waals surface area contributed by atoms with Gasteiger partial charge in [0.05, 0.1) is 5.56 Å². The molecule has 1 N–H and O–H groups in total. The van der Waals surface area contributed by atoms with Crippen LogP contribution in [0, 0.1) is 0 Å². The minimum atomic E-state index is -0.213. The lowest BCUT2D eigenvalue weighted by Crippen LogP contribution is -2.09. The van der Waals surface area contributed by atoms with Gasteiger partial charge < -0.3 is 10.0 Å². The molecule has 110 valence electrons. The molecule has 21 heavy (non-hydrogen) atoms. The van der Waals surface area contributed by atoms with E-state index in [4.69, 9.17) is 0 Å². The number of nitrogens with zero attached hydrogens (tertiary/aromatic N) is 1. The van der Waals surface area contributed by atoms with Crippen molar-refractivity contribution in [3.63, 3.8) is 0 Å². The third kappa shape index (κ3) is 4.36. The van der Waals surface area contributed by atoms with E-state index in [1.54, 1.807) is 24.3 Å². The van der Waals surface area contributed by atoms with E-state index in [2.05, 4.69) is 0 Å². The average molecular weight is 304 g/mol. The summed E-state index contributed by atoms with van der Waals surface area (Å²) >= 11 is 0. The molecule has 0 radical (unpaired) electrons. The summed E-state index contributed by atoms with van der Waals surface area (Å²) in [5.74, 6) is -0.214. The van der Waals surface area contributed by atoms with Gasteiger partial charge in [-0.1, -0.05) is 36.4 Å². The highest BCUT2D eigenvalue weighted by Gasteiger charge is 2.10. The van der Waals surface area contributed by atoms with Crippen molar-refractivity contribution in [2.45, 2.75) is 0 Å². The van der Waals surface area contributed by atoms with Crippen LogP contribution in [0.4, 0.5) is 5.69 Å². The lowest BCUT2D eigenvalue weighted by atomic mass is 10.1. The molecule has 0 aliphatic heterocycles. The van der Waals surface area contributed by atoms with Gasteiger partial charge >= 0.3 is 0 Å². The molecule has 0 saturated carbocycles. The monoisotopic (exact) mass is 303 g/mol. The number of anilines is 1. The molecule has 0 spiro atoms. The van der Waals surface area contributed by atoms with E-state index < -0.39 is 0 Å². The highest BCUT2D eigenvalue weighted by atomic mass is 35.5. The second-order valence-electron chi connectivity index (χ2n) is 4.70. The zero-order chi connectivity index (χ0) is 14.5. The molecule has 0 aliphatic carbocycles. The fourth-order valence-electron chi connectivity index (χ4n) is 1.83. The van der Waals surface area contributed by atoms with Crippen LogP contribution in [0.3, 0.4) is 0 Å². The minimum absolute atomic E-state index is 0. The second-order valence-corrected chi connectivity index (χ2v) is 4.70. The van der Waals surface area contributed by atoms with Gasteiger partial charge in [0.1, 0.15) is 5.75 Å². The van der Waals surface area contributed by atoms with Crippen molar-refractivity contribution in [1.82, 2.24) is 0 Å². The number of phenolic OH excluding ortho intramolecular Hbond substituents is 1. The summed E-state index contributed by atoms with van der Waals surface area (Å²) in [6, 6.07) is 14.6. The van der Waals surface area contributed by atoms with E-state index in [0.29, 0.717) is 5.56 Å². The van der Waals surface area contributed by atoms with Gasteiger partial charge in [-0.05, 0) is 29.8 Å². The lowest BCUT2D eigenvalue weighted by Gasteiger charge is -2.13. The smallest absolute Gasteiger partial charge is 0.189 e. The molecular weight excluding hydrogens is 286 g/mol. The molecule has 0 atom stereocenters. The summed E-state index contributed by atoms with van der Waals surface area (Å²) < 4.78 is 0. The van der Waals surface area contributed by atoms with Crippen molar-refractivity contribution in [3.8, 4) is 5.75 Å². The van der Waals surface area contributed by atoms with Crippen molar-refractivity contribution in [2.24, 2.45) is 0 Å². The first-order valence-electron chi connectivity index (χ1n) is 6.36. The molecule has 0 fully saturated rings. The van der Waals surface area contributed by atoms with Crippen molar-refractivity contribution in [2.75, 3.05) is 19.0 Å². The van der Waals surface area contributed by atoms with Crippen LogP contribution in [0.5, 0.6) is 5.75 Å². The van der Waals surface area contributed by atoms with Crippen molar-refractivity contribution in [3.05, 3.63) is 65.7 Å². The van der Waals surface area contributed by atoms with E-state index in [0.717, 1.165) is 11.3 Å². The Kier molecular flexibility index (Phi) is 6.00. The fourth-order valence-corrected chi connectivity index (χ4v) is 1.83. The second kappa shape index (κ2) is 7.50. The molecule has 0 unspecified atom stereocenters. The largest absolute Gasteiger partial charge is 0.507 e. The van der Waals surface area contributed by atoms with Gasteiger partial charge in [-0.15, -0.1) is 12.4 Å². The maximum atomic E-state index is 12.1. The summed E-state index contributed by atoms with van der Waals surface area (Å²) in [4.78, 5) is 14.0.